The van der Waals surface area contributed by atoms with Gasteiger partial charge in [-0.2, -0.15) is 0 Å². The van der Waals surface area contributed by atoms with Gasteiger partial charge in [0.25, 0.3) is 5.91 Å². The van der Waals surface area contributed by atoms with E-state index in [0.717, 1.165) is 35.3 Å². The van der Waals surface area contributed by atoms with E-state index in [1.54, 1.807) is 12.1 Å². The highest BCUT2D eigenvalue weighted by atomic mass is 32.2. The molecule has 2 aromatic rings. The molecule has 0 bridgehead atoms. The Labute approximate surface area is 159 Å². The molecule has 0 aliphatic carbocycles. The number of carbonyl (C=O) groups is 1. The maximum absolute atomic E-state index is 12.5. The molecule has 2 aromatic carbocycles. The minimum Gasteiger partial charge on any atom is -0.494 e. The van der Waals surface area contributed by atoms with Crippen molar-refractivity contribution < 1.29 is 22.7 Å². The van der Waals surface area contributed by atoms with Gasteiger partial charge in [0.2, 0.25) is 0 Å². The van der Waals surface area contributed by atoms with E-state index in [4.69, 9.17) is 9.47 Å². The molecule has 0 aromatic heterocycles. The number of amides is 1. The van der Waals surface area contributed by atoms with Crippen molar-refractivity contribution in [1.82, 2.24) is 5.32 Å². The van der Waals surface area contributed by atoms with E-state index < -0.39 is 9.84 Å². The Morgan fingerprint density at radius 2 is 2.07 bits per heavy atom. The van der Waals surface area contributed by atoms with Gasteiger partial charge in [-0.25, -0.2) is 8.42 Å². The first-order chi connectivity index (χ1) is 12.8. The molecule has 1 aliphatic rings. The van der Waals surface area contributed by atoms with E-state index in [1.165, 1.54) is 12.1 Å². The monoisotopic (exact) mass is 389 g/mol. The van der Waals surface area contributed by atoms with E-state index in [2.05, 4.69) is 5.32 Å². The highest BCUT2D eigenvalue weighted by Gasteiger charge is 2.22. The average molecular weight is 389 g/mol. The van der Waals surface area contributed by atoms with Crippen LogP contribution in [-0.2, 0) is 22.8 Å². The lowest BCUT2D eigenvalue weighted by Gasteiger charge is -2.13. The molecule has 0 saturated heterocycles. The van der Waals surface area contributed by atoms with Crippen LogP contribution >= 0.6 is 0 Å². The summed E-state index contributed by atoms with van der Waals surface area (Å²) in [5.41, 5.74) is 2.21. The summed E-state index contributed by atoms with van der Waals surface area (Å²) in [6.45, 7) is 4.69. The lowest BCUT2D eigenvalue weighted by Crippen LogP contribution is -2.23. The quantitative estimate of drug-likeness (QED) is 0.822. The molecule has 3 rings (SSSR count). The van der Waals surface area contributed by atoms with Gasteiger partial charge >= 0.3 is 0 Å². The van der Waals surface area contributed by atoms with Crippen LogP contribution < -0.4 is 14.8 Å². The highest BCUT2D eigenvalue weighted by molar-refractivity contribution is 7.90. The molecule has 27 heavy (non-hydrogen) atoms. The van der Waals surface area contributed by atoms with E-state index in [1.807, 2.05) is 26.0 Å². The lowest BCUT2D eigenvalue weighted by molar-refractivity contribution is 0.0950. The van der Waals surface area contributed by atoms with Crippen molar-refractivity contribution in [2.75, 3.05) is 12.9 Å². The SMILES string of the molecule is CCOc1cc2c(cc1CNC(=O)c1cccc(S(C)(=O)=O)c1)OC(C)C2. The van der Waals surface area contributed by atoms with Crippen LogP contribution in [0.3, 0.4) is 0 Å². The summed E-state index contributed by atoms with van der Waals surface area (Å²) in [6, 6.07) is 9.85. The van der Waals surface area contributed by atoms with E-state index in [9.17, 15) is 13.2 Å². The van der Waals surface area contributed by atoms with E-state index in [-0.39, 0.29) is 23.5 Å². The standard InChI is InChI=1S/C20H23NO5S/c1-4-25-18-10-15-8-13(2)26-19(15)11-16(18)12-21-20(22)14-6-5-7-17(9-14)27(3,23)24/h5-7,9-11,13H,4,8,12H2,1-3H3,(H,21,22). The van der Waals surface area contributed by atoms with Gasteiger partial charge in [-0.1, -0.05) is 6.07 Å². The van der Waals surface area contributed by atoms with Crippen LogP contribution in [0.2, 0.25) is 0 Å². The number of ether oxygens (including phenoxy) is 2. The van der Waals surface area contributed by atoms with Gasteiger partial charge in [0.1, 0.15) is 17.6 Å². The first-order valence-electron chi connectivity index (χ1n) is 8.81. The molecule has 1 amide bonds. The second-order valence-electron chi connectivity index (χ2n) is 6.62. The molecule has 0 fully saturated rings. The third-order valence-electron chi connectivity index (χ3n) is 4.34. The van der Waals surface area contributed by atoms with Crippen molar-refractivity contribution in [3.8, 4) is 11.5 Å². The fourth-order valence-electron chi connectivity index (χ4n) is 3.06. The van der Waals surface area contributed by atoms with Crippen LogP contribution in [-0.4, -0.2) is 33.3 Å². The summed E-state index contributed by atoms with van der Waals surface area (Å²) in [5.74, 6) is 1.19. The summed E-state index contributed by atoms with van der Waals surface area (Å²) in [7, 11) is -3.37. The van der Waals surface area contributed by atoms with Crippen molar-refractivity contribution in [1.29, 1.82) is 0 Å². The minimum absolute atomic E-state index is 0.116. The van der Waals surface area contributed by atoms with E-state index in [0.29, 0.717) is 12.2 Å². The topological polar surface area (TPSA) is 81.7 Å². The largest absolute Gasteiger partial charge is 0.494 e. The smallest absolute Gasteiger partial charge is 0.251 e. The predicted octanol–water partition coefficient (Wildman–Crippen LogP) is 2.74. The number of hydrogen-bond donors (Lipinski definition) is 1. The summed E-state index contributed by atoms with van der Waals surface area (Å²) < 4.78 is 34.9. The molecule has 1 heterocycles. The highest BCUT2D eigenvalue weighted by Crippen LogP contribution is 2.35. The molecule has 0 saturated carbocycles. The van der Waals surface area contributed by atoms with Gasteiger partial charge in [0, 0.05) is 35.9 Å². The van der Waals surface area contributed by atoms with Crippen molar-refractivity contribution in [3.05, 3.63) is 53.1 Å². The summed E-state index contributed by atoms with van der Waals surface area (Å²) in [6.07, 6.45) is 2.07. The Balaban J connectivity index is 1.78. The molecule has 0 spiro atoms. The zero-order chi connectivity index (χ0) is 19.6. The third kappa shape index (κ3) is 4.42. The molecule has 6 nitrogen and oxygen atoms in total. The number of fused-ring (bicyclic) bond motifs is 1. The Hall–Kier alpha value is -2.54. The Morgan fingerprint density at radius 1 is 1.30 bits per heavy atom. The second kappa shape index (κ2) is 7.60. The van der Waals surface area contributed by atoms with Crippen LogP contribution in [0.1, 0.15) is 35.3 Å². The molecule has 144 valence electrons. The zero-order valence-corrected chi connectivity index (χ0v) is 16.4. The molecular formula is C20H23NO5S. The molecule has 1 atom stereocenters. The maximum atomic E-state index is 12.5. The van der Waals surface area contributed by atoms with Crippen molar-refractivity contribution >= 4 is 15.7 Å². The number of nitrogens with one attached hydrogen (secondary N) is 1. The summed E-state index contributed by atoms with van der Waals surface area (Å²) in [5, 5.41) is 2.83. The molecule has 1 N–H and O–H groups in total. The first-order valence-corrected chi connectivity index (χ1v) is 10.7. The summed E-state index contributed by atoms with van der Waals surface area (Å²) >= 11 is 0. The Bertz CT molecular complexity index is 968. The van der Waals surface area contributed by atoms with Gasteiger partial charge in [0.15, 0.2) is 9.84 Å². The Morgan fingerprint density at radius 3 is 2.78 bits per heavy atom. The minimum atomic E-state index is -3.37. The molecule has 1 aliphatic heterocycles. The first kappa shape index (κ1) is 19.2. The van der Waals surface area contributed by atoms with Crippen LogP contribution in [0.25, 0.3) is 0 Å². The van der Waals surface area contributed by atoms with Crippen LogP contribution in [0.4, 0.5) is 0 Å². The van der Waals surface area contributed by atoms with Crippen LogP contribution in [0, 0.1) is 0 Å². The Kier molecular flexibility index (Phi) is 5.41. The van der Waals surface area contributed by atoms with Crippen molar-refractivity contribution in [2.45, 2.75) is 37.8 Å². The normalized spacial score (nSPS) is 15.7. The molecule has 1 unspecified atom stereocenters. The van der Waals surface area contributed by atoms with Gasteiger partial charge in [-0.3, -0.25) is 4.79 Å². The zero-order valence-electron chi connectivity index (χ0n) is 15.6. The number of rotatable bonds is 6. The van der Waals surface area contributed by atoms with E-state index >= 15 is 0 Å². The van der Waals surface area contributed by atoms with Gasteiger partial charge in [-0.05, 0) is 44.2 Å². The number of sulfone groups is 1. The van der Waals surface area contributed by atoms with Gasteiger partial charge < -0.3 is 14.8 Å². The fourth-order valence-corrected chi connectivity index (χ4v) is 3.72. The molecule has 0 radical (unpaired) electrons. The van der Waals surface area contributed by atoms with Crippen LogP contribution in [0.5, 0.6) is 11.5 Å². The summed E-state index contributed by atoms with van der Waals surface area (Å²) in [4.78, 5) is 12.6. The lowest BCUT2D eigenvalue weighted by atomic mass is 10.1. The average Bonchev–Trinajstić information content (AvgIpc) is 2.98. The predicted molar refractivity (Wildman–Crippen MR) is 102 cm³/mol. The van der Waals surface area contributed by atoms with Crippen molar-refractivity contribution in [2.24, 2.45) is 0 Å². The van der Waals surface area contributed by atoms with Crippen LogP contribution in [0.15, 0.2) is 41.3 Å². The van der Waals surface area contributed by atoms with Crippen molar-refractivity contribution in [3.63, 3.8) is 0 Å². The maximum Gasteiger partial charge on any atom is 0.251 e. The van der Waals surface area contributed by atoms with Gasteiger partial charge in [-0.15, -0.1) is 0 Å². The molecule has 7 heteroatoms. The molecular weight excluding hydrogens is 366 g/mol. The third-order valence-corrected chi connectivity index (χ3v) is 5.45. The number of carbonyl (C=O) groups excluding carboxylic acids is 1. The second-order valence-corrected chi connectivity index (χ2v) is 8.63. The fraction of sp³-hybridized carbons (Fsp3) is 0.350. The number of hydrogen-bond acceptors (Lipinski definition) is 5. The number of benzene rings is 2. The van der Waals surface area contributed by atoms with Gasteiger partial charge in [0.05, 0.1) is 11.5 Å².